The van der Waals surface area contributed by atoms with Crippen molar-refractivity contribution in [3.63, 3.8) is 0 Å². The molecule has 0 radical (unpaired) electrons. The van der Waals surface area contributed by atoms with Crippen molar-refractivity contribution >= 4 is 5.91 Å². The number of halogens is 1. The van der Waals surface area contributed by atoms with E-state index in [2.05, 4.69) is 23.6 Å². The van der Waals surface area contributed by atoms with Gasteiger partial charge in [0.25, 0.3) is 0 Å². The second-order valence-electron chi connectivity index (χ2n) is 6.94. The highest BCUT2D eigenvalue weighted by molar-refractivity contribution is 5.78. The Labute approximate surface area is 163 Å². The Morgan fingerprint density at radius 1 is 1.14 bits per heavy atom. The van der Waals surface area contributed by atoms with Crippen LogP contribution < -0.4 is 5.32 Å². The zero-order valence-electron chi connectivity index (χ0n) is 15.5. The highest BCUT2D eigenvalue weighted by Crippen LogP contribution is 2.25. The van der Waals surface area contributed by atoms with Crippen LogP contribution in [-0.4, -0.2) is 28.8 Å². The molecular weight excluding hydrogens is 357 g/mol. The number of aromatic nitrogens is 2. The van der Waals surface area contributed by atoms with Gasteiger partial charge in [0.1, 0.15) is 11.9 Å². The highest BCUT2D eigenvalue weighted by Gasteiger charge is 2.25. The molecule has 0 spiro atoms. The number of benzene rings is 2. The molecule has 0 fully saturated rings. The van der Waals surface area contributed by atoms with Crippen molar-refractivity contribution in [3.05, 3.63) is 89.0 Å². The van der Waals surface area contributed by atoms with Gasteiger partial charge in [0.15, 0.2) is 0 Å². The third kappa shape index (κ3) is 4.46. The monoisotopic (exact) mass is 379 g/mol. The van der Waals surface area contributed by atoms with Gasteiger partial charge in [0, 0.05) is 12.7 Å². The summed E-state index contributed by atoms with van der Waals surface area (Å²) in [6.45, 7) is 1.69. The number of fused-ring (bicyclic) bond motifs is 1. The van der Waals surface area contributed by atoms with E-state index >= 15 is 0 Å². The molecule has 6 heteroatoms. The quantitative estimate of drug-likeness (QED) is 0.716. The maximum atomic E-state index is 13.0. The first-order valence-corrected chi connectivity index (χ1v) is 9.40. The zero-order chi connectivity index (χ0) is 19.3. The van der Waals surface area contributed by atoms with Gasteiger partial charge in [0.05, 0.1) is 25.3 Å². The van der Waals surface area contributed by atoms with Gasteiger partial charge in [-0.2, -0.15) is 5.10 Å². The van der Waals surface area contributed by atoms with Gasteiger partial charge in [-0.25, -0.2) is 4.39 Å². The molecule has 3 aromatic rings. The first-order chi connectivity index (χ1) is 13.7. The summed E-state index contributed by atoms with van der Waals surface area (Å²) >= 11 is 0. The number of carbonyl (C=O) groups is 1. The van der Waals surface area contributed by atoms with Crippen LogP contribution in [0.1, 0.15) is 28.5 Å². The second-order valence-corrected chi connectivity index (χ2v) is 6.94. The Morgan fingerprint density at radius 2 is 1.93 bits per heavy atom. The molecule has 1 atom stereocenters. The van der Waals surface area contributed by atoms with E-state index < -0.39 is 0 Å². The fraction of sp³-hybridized carbons (Fsp3) is 0.273. The number of nitrogens with one attached hydrogen (secondary N) is 1. The largest absolute Gasteiger partial charge is 0.370 e. The molecular formula is C22H22FN3O2. The van der Waals surface area contributed by atoms with Crippen LogP contribution in [0, 0.1) is 5.82 Å². The molecule has 0 unspecified atom stereocenters. The lowest BCUT2D eigenvalue weighted by Gasteiger charge is -2.22. The number of hydrogen-bond acceptors (Lipinski definition) is 3. The third-order valence-corrected chi connectivity index (χ3v) is 4.82. The topological polar surface area (TPSA) is 56.1 Å². The predicted molar refractivity (Wildman–Crippen MR) is 103 cm³/mol. The molecule has 1 aliphatic rings. The summed E-state index contributed by atoms with van der Waals surface area (Å²) in [6, 6.07) is 16.1. The van der Waals surface area contributed by atoms with Crippen LogP contribution in [0.15, 0.2) is 60.8 Å². The van der Waals surface area contributed by atoms with Gasteiger partial charge in [-0.05, 0) is 35.2 Å². The van der Waals surface area contributed by atoms with Crippen LogP contribution in [-0.2, 0) is 28.9 Å². The van der Waals surface area contributed by atoms with Gasteiger partial charge in [0.2, 0.25) is 5.91 Å². The molecule has 0 bridgehead atoms. The van der Waals surface area contributed by atoms with Crippen LogP contribution in [0.25, 0.3) is 0 Å². The highest BCUT2D eigenvalue weighted by atomic mass is 19.1. The Hall–Kier alpha value is -2.99. The van der Waals surface area contributed by atoms with Gasteiger partial charge in [-0.3, -0.25) is 9.48 Å². The summed E-state index contributed by atoms with van der Waals surface area (Å²) in [4.78, 5) is 12.2. The molecule has 0 aliphatic carbocycles. The molecule has 144 valence electrons. The van der Waals surface area contributed by atoms with E-state index in [0.717, 1.165) is 17.7 Å². The van der Waals surface area contributed by atoms with E-state index in [1.54, 1.807) is 12.1 Å². The number of hydrogen-bond donors (Lipinski definition) is 1. The van der Waals surface area contributed by atoms with Crippen LogP contribution in [0.4, 0.5) is 4.39 Å². The van der Waals surface area contributed by atoms with E-state index in [-0.39, 0.29) is 24.2 Å². The third-order valence-electron chi connectivity index (χ3n) is 4.82. The van der Waals surface area contributed by atoms with Crippen molar-refractivity contribution < 1.29 is 13.9 Å². The molecule has 0 saturated carbocycles. The molecule has 28 heavy (non-hydrogen) atoms. The van der Waals surface area contributed by atoms with Crippen molar-refractivity contribution in [2.75, 3.05) is 13.2 Å². The lowest BCUT2D eigenvalue weighted by atomic mass is 10.1. The average molecular weight is 379 g/mol. The number of carbonyl (C=O) groups excluding carboxylic acids is 1. The summed E-state index contributed by atoms with van der Waals surface area (Å²) in [6.07, 6.45) is 2.85. The molecule has 1 aliphatic heterocycles. The van der Waals surface area contributed by atoms with Gasteiger partial charge < -0.3 is 10.1 Å². The molecule has 0 saturated heterocycles. The Balaban J connectivity index is 1.37. The summed E-state index contributed by atoms with van der Waals surface area (Å²) in [5.74, 6) is -0.426. The van der Waals surface area contributed by atoms with Crippen LogP contribution >= 0.6 is 0 Å². The fourth-order valence-corrected chi connectivity index (χ4v) is 3.40. The Bertz CT molecular complexity index is 938. The lowest BCUT2D eigenvalue weighted by molar-refractivity contribution is -0.121. The normalized spacial score (nSPS) is 15.8. The Morgan fingerprint density at radius 3 is 2.71 bits per heavy atom. The smallest absolute Gasteiger partial charge is 0.224 e. The number of rotatable bonds is 6. The van der Waals surface area contributed by atoms with Gasteiger partial charge in [-0.1, -0.05) is 42.5 Å². The van der Waals surface area contributed by atoms with Crippen molar-refractivity contribution in [1.82, 2.24) is 15.1 Å². The van der Waals surface area contributed by atoms with Crippen molar-refractivity contribution in [3.8, 4) is 0 Å². The number of amides is 1. The van der Waals surface area contributed by atoms with Crippen molar-refractivity contribution in [2.24, 2.45) is 0 Å². The maximum Gasteiger partial charge on any atom is 0.224 e. The van der Waals surface area contributed by atoms with E-state index in [1.165, 1.54) is 23.3 Å². The van der Waals surface area contributed by atoms with Crippen LogP contribution in [0.2, 0.25) is 0 Å². The van der Waals surface area contributed by atoms with E-state index in [9.17, 15) is 9.18 Å². The molecule has 5 nitrogen and oxygen atoms in total. The lowest BCUT2D eigenvalue weighted by Crippen LogP contribution is -2.32. The molecule has 2 aromatic carbocycles. The second kappa shape index (κ2) is 8.35. The fourth-order valence-electron chi connectivity index (χ4n) is 3.40. The SMILES string of the molecule is O=C(Cc1ccc(F)cc1)NC[C@H]1OCCc2cn(Cc3ccccc3)nc21. The molecule has 1 aromatic heterocycles. The zero-order valence-corrected chi connectivity index (χ0v) is 15.5. The van der Waals surface area contributed by atoms with Crippen molar-refractivity contribution in [1.29, 1.82) is 0 Å². The minimum atomic E-state index is -0.307. The summed E-state index contributed by atoms with van der Waals surface area (Å²) < 4.78 is 20.7. The van der Waals surface area contributed by atoms with Gasteiger partial charge in [-0.15, -0.1) is 0 Å². The standard InChI is InChI=1S/C22H22FN3O2/c23-19-8-6-16(7-9-19)12-21(27)24-13-20-22-18(10-11-28-20)15-26(25-22)14-17-4-2-1-3-5-17/h1-9,15,20H,10-14H2,(H,24,27)/t20-/m1/s1. The predicted octanol–water partition coefficient (Wildman–Crippen LogP) is 3.04. The van der Waals surface area contributed by atoms with Gasteiger partial charge >= 0.3 is 0 Å². The number of nitrogens with zero attached hydrogens (tertiary/aromatic N) is 2. The summed E-state index contributed by atoms with van der Waals surface area (Å²) in [7, 11) is 0. The van der Waals surface area contributed by atoms with E-state index in [1.807, 2.05) is 22.9 Å². The molecule has 1 N–H and O–H groups in total. The maximum absolute atomic E-state index is 13.0. The number of ether oxygens (including phenoxy) is 1. The average Bonchev–Trinajstić information content (AvgIpc) is 3.12. The summed E-state index contributed by atoms with van der Waals surface area (Å²) in [5, 5.41) is 7.61. The van der Waals surface area contributed by atoms with E-state index in [4.69, 9.17) is 9.84 Å². The van der Waals surface area contributed by atoms with Crippen LogP contribution in [0.3, 0.4) is 0 Å². The minimum Gasteiger partial charge on any atom is -0.370 e. The first kappa shape index (κ1) is 18.4. The van der Waals surface area contributed by atoms with E-state index in [0.29, 0.717) is 19.7 Å². The van der Waals surface area contributed by atoms with Crippen molar-refractivity contribution in [2.45, 2.75) is 25.5 Å². The Kier molecular flexibility index (Phi) is 5.48. The van der Waals surface area contributed by atoms with Crippen LogP contribution in [0.5, 0.6) is 0 Å². The molecule has 1 amide bonds. The molecule has 4 rings (SSSR count). The first-order valence-electron chi connectivity index (χ1n) is 9.40. The summed E-state index contributed by atoms with van der Waals surface area (Å²) in [5.41, 5.74) is 4.02. The minimum absolute atomic E-state index is 0.119. The molecule has 2 heterocycles.